The summed E-state index contributed by atoms with van der Waals surface area (Å²) in [6.45, 7) is 1.24. The molecule has 3 amide bonds. The number of aryl methyl sites for hydroxylation is 1. The molecule has 9 heteroatoms. The van der Waals surface area contributed by atoms with Crippen molar-refractivity contribution in [1.29, 1.82) is 0 Å². The number of carbonyl (C=O) groups is 3. The summed E-state index contributed by atoms with van der Waals surface area (Å²) in [5.41, 5.74) is 0.585. The van der Waals surface area contributed by atoms with Gasteiger partial charge in [0.25, 0.3) is 5.91 Å². The van der Waals surface area contributed by atoms with Crippen LogP contribution in [0.2, 0.25) is 0 Å². The van der Waals surface area contributed by atoms with Crippen molar-refractivity contribution in [2.45, 2.75) is 45.5 Å². The number of amides is 3. The number of Topliss-reactive ketones (excluding diaryl/α,β-unsaturated/α-hetero) is 1. The average molecular weight is 357 g/mol. The monoisotopic (exact) mass is 357 g/mol. The van der Waals surface area contributed by atoms with Gasteiger partial charge in [-0.2, -0.15) is 13.2 Å². The third kappa shape index (κ3) is 3.40. The van der Waals surface area contributed by atoms with Crippen LogP contribution in [0.15, 0.2) is 6.07 Å². The second-order valence-corrected chi connectivity index (χ2v) is 6.53. The topological polar surface area (TPSA) is 62.6 Å². The molecule has 3 rings (SSSR count). The van der Waals surface area contributed by atoms with Gasteiger partial charge in [0, 0.05) is 23.0 Å². The summed E-state index contributed by atoms with van der Waals surface area (Å²) in [4.78, 5) is 39.0. The molecule has 1 saturated carbocycles. The number of imide groups is 1. The van der Waals surface area contributed by atoms with Crippen molar-refractivity contribution in [2.75, 3.05) is 13.1 Å². The van der Waals surface area contributed by atoms with Gasteiger partial charge in [0.05, 0.1) is 6.54 Å². The van der Waals surface area contributed by atoms with E-state index in [2.05, 4.69) is 0 Å². The molecule has 0 bridgehead atoms. The summed E-state index contributed by atoms with van der Waals surface area (Å²) in [5.74, 6) is -0.991. The van der Waals surface area contributed by atoms with Crippen molar-refractivity contribution in [3.63, 3.8) is 0 Å². The highest BCUT2D eigenvalue weighted by atomic mass is 19.4. The summed E-state index contributed by atoms with van der Waals surface area (Å²) in [5, 5.41) is 0. The Morgan fingerprint density at radius 1 is 1.24 bits per heavy atom. The van der Waals surface area contributed by atoms with Gasteiger partial charge in [-0.15, -0.1) is 0 Å². The van der Waals surface area contributed by atoms with Crippen LogP contribution < -0.4 is 0 Å². The van der Waals surface area contributed by atoms with E-state index in [9.17, 15) is 27.6 Å². The molecule has 0 spiro atoms. The van der Waals surface area contributed by atoms with Crippen LogP contribution >= 0.6 is 0 Å². The summed E-state index contributed by atoms with van der Waals surface area (Å²) in [6, 6.07) is 0.936. The van der Waals surface area contributed by atoms with E-state index in [0.29, 0.717) is 5.69 Å². The van der Waals surface area contributed by atoms with Gasteiger partial charge in [-0.3, -0.25) is 14.5 Å². The molecule has 2 aliphatic rings. The second-order valence-electron chi connectivity index (χ2n) is 6.53. The van der Waals surface area contributed by atoms with Crippen LogP contribution in [0.1, 0.15) is 34.6 Å². The summed E-state index contributed by atoms with van der Waals surface area (Å²) in [6.07, 6.45) is -2.71. The molecule has 1 saturated heterocycles. The summed E-state index contributed by atoms with van der Waals surface area (Å²) >= 11 is 0. The van der Waals surface area contributed by atoms with Gasteiger partial charge in [0.15, 0.2) is 5.78 Å². The highest BCUT2D eigenvalue weighted by Crippen LogP contribution is 2.30. The number of rotatable bonds is 5. The third-order valence-corrected chi connectivity index (χ3v) is 4.58. The maximum Gasteiger partial charge on any atom is 0.406 e. The molecule has 2 heterocycles. The minimum absolute atomic E-state index is 0.0378. The molecule has 136 valence electrons. The molecular weight excluding hydrogens is 339 g/mol. The Morgan fingerprint density at radius 2 is 1.88 bits per heavy atom. The Labute approximate surface area is 142 Å². The number of halogens is 3. The Bertz CT molecular complexity index is 750. The molecule has 0 unspecified atom stereocenters. The lowest BCUT2D eigenvalue weighted by atomic mass is 10.1. The molecule has 2 fully saturated rings. The number of nitrogens with zero attached hydrogens (tertiary/aromatic N) is 3. The van der Waals surface area contributed by atoms with E-state index in [1.165, 1.54) is 24.8 Å². The molecule has 25 heavy (non-hydrogen) atoms. The lowest BCUT2D eigenvalue weighted by molar-refractivity contribution is -0.141. The van der Waals surface area contributed by atoms with Crippen LogP contribution in [-0.2, 0) is 11.3 Å². The first-order chi connectivity index (χ1) is 11.6. The van der Waals surface area contributed by atoms with E-state index < -0.39 is 37.0 Å². The van der Waals surface area contributed by atoms with Gasteiger partial charge in [0.2, 0.25) is 0 Å². The number of urea groups is 1. The summed E-state index contributed by atoms with van der Waals surface area (Å²) in [7, 11) is 0. The largest absolute Gasteiger partial charge is 0.406 e. The van der Waals surface area contributed by atoms with Crippen molar-refractivity contribution in [1.82, 2.24) is 14.4 Å². The molecule has 1 aromatic rings. The predicted molar refractivity (Wildman–Crippen MR) is 81.1 cm³/mol. The number of hydrogen-bond acceptors (Lipinski definition) is 3. The first kappa shape index (κ1) is 17.5. The van der Waals surface area contributed by atoms with Crippen LogP contribution in [0.25, 0.3) is 0 Å². The maximum absolute atomic E-state index is 12.7. The number of carbonyl (C=O) groups excluding carboxylic acids is 3. The van der Waals surface area contributed by atoms with Crippen LogP contribution in [0, 0.1) is 13.8 Å². The van der Waals surface area contributed by atoms with Gasteiger partial charge >= 0.3 is 12.2 Å². The Kier molecular flexibility index (Phi) is 4.12. The van der Waals surface area contributed by atoms with Crippen molar-refractivity contribution in [3.05, 3.63) is 23.0 Å². The highest BCUT2D eigenvalue weighted by Gasteiger charge is 2.44. The highest BCUT2D eigenvalue weighted by molar-refractivity contribution is 6.08. The van der Waals surface area contributed by atoms with Crippen LogP contribution in [0.5, 0.6) is 0 Å². The lowest BCUT2D eigenvalue weighted by Crippen LogP contribution is -2.37. The van der Waals surface area contributed by atoms with Crippen LogP contribution in [-0.4, -0.2) is 57.4 Å². The number of aromatic nitrogens is 1. The standard InChI is InChI=1S/C16H18F3N3O3/c1-9-5-12(10(2)22(9)8-16(17,18)19)13(23)6-21-14(24)7-20(15(21)25)11-3-4-11/h5,11H,3-4,6-8H2,1-2H3. The van der Waals surface area contributed by atoms with Crippen molar-refractivity contribution in [2.24, 2.45) is 0 Å². The molecule has 1 aliphatic carbocycles. The zero-order valence-electron chi connectivity index (χ0n) is 13.9. The van der Waals surface area contributed by atoms with Crippen LogP contribution in [0.3, 0.4) is 0 Å². The van der Waals surface area contributed by atoms with Crippen molar-refractivity contribution in [3.8, 4) is 0 Å². The second kappa shape index (κ2) is 5.89. The fraction of sp³-hybridized carbons (Fsp3) is 0.562. The van der Waals surface area contributed by atoms with Gasteiger partial charge in [-0.1, -0.05) is 0 Å². The quantitative estimate of drug-likeness (QED) is 0.600. The first-order valence-corrected chi connectivity index (χ1v) is 7.96. The van der Waals surface area contributed by atoms with Gasteiger partial charge in [0.1, 0.15) is 13.1 Å². The molecule has 0 aromatic carbocycles. The molecule has 1 aromatic heterocycles. The maximum atomic E-state index is 12.7. The van der Waals surface area contributed by atoms with E-state index in [1.54, 1.807) is 0 Å². The molecular formula is C16H18F3N3O3. The fourth-order valence-electron chi connectivity index (χ4n) is 3.12. The van der Waals surface area contributed by atoms with Crippen molar-refractivity contribution >= 4 is 17.7 Å². The summed E-state index contributed by atoms with van der Waals surface area (Å²) < 4.78 is 39.0. The Morgan fingerprint density at radius 3 is 2.44 bits per heavy atom. The van der Waals surface area contributed by atoms with Gasteiger partial charge in [-0.05, 0) is 32.8 Å². The molecule has 0 N–H and O–H groups in total. The van der Waals surface area contributed by atoms with Gasteiger partial charge < -0.3 is 9.47 Å². The zero-order valence-corrected chi connectivity index (χ0v) is 13.9. The van der Waals surface area contributed by atoms with E-state index in [4.69, 9.17) is 0 Å². The normalized spacial score (nSPS) is 18.4. The number of hydrogen-bond donors (Lipinski definition) is 0. The minimum atomic E-state index is -4.40. The fourth-order valence-corrected chi connectivity index (χ4v) is 3.12. The number of ketones is 1. The Hall–Kier alpha value is -2.32. The molecule has 0 radical (unpaired) electrons. The van der Waals surface area contributed by atoms with E-state index in [1.807, 2.05) is 0 Å². The van der Waals surface area contributed by atoms with Crippen LogP contribution in [0.4, 0.5) is 18.0 Å². The minimum Gasteiger partial charge on any atom is -0.339 e. The molecule has 6 nitrogen and oxygen atoms in total. The smallest absolute Gasteiger partial charge is 0.339 e. The number of alkyl halides is 3. The Balaban J connectivity index is 1.76. The van der Waals surface area contributed by atoms with E-state index in [-0.39, 0.29) is 23.8 Å². The van der Waals surface area contributed by atoms with Crippen molar-refractivity contribution < 1.29 is 27.6 Å². The SMILES string of the molecule is Cc1cc(C(=O)CN2C(=O)CN(C3CC3)C2=O)c(C)n1CC(F)(F)F. The van der Waals surface area contributed by atoms with E-state index >= 15 is 0 Å². The molecule has 1 aliphatic heterocycles. The zero-order chi connectivity index (χ0) is 18.5. The third-order valence-electron chi connectivity index (χ3n) is 4.58. The first-order valence-electron chi connectivity index (χ1n) is 7.96. The predicted octanol–water partition coefficient (Wildman–Crippen LogP) is 2.28. The lowest BCUT2D eigenvalue weighted by Gasteiger charge is -2.16. The van der Waals surface area contributed by atoms with E-state index in [0.717, 1.165) is 22.3 Å². The molecule has 0 atom stereocenters. The average Bonchev–Trinajstić information content (AvgIpc) is 3.26. The van der Waals surface area contributed by atoms with Gasteiger partial charge in [-0.25, -0.2) is 4.79 Å².